The molecule has 1 heterocycles. The van der Waals surface area contributed by atoms with Gasteiger partial charge in [-0.05, 0) is 36.9 Å². The zero-order chi connectivity index (χ0) is 12.4. The Morgan fingerprint density at radius 1 is 1.17 bits per heavy atom. The number of hydrogen-bond acceptors (Lipinski definition) is 3. The fourth-order valence-electron chi connectivity index (χ4n) is 3.07. The quantitative estimate of drug-likeness (QED) is 0.901. The third-order valence-electron chi connectivity index (χ3n) is 4.21. The van der Waals surface area contributed by atoms with Gasteiger partial charge >= 0.3 is 0 Å². The number of hydrogen-bond donors (Lipinski definition) is 1. The number of nitrogens with zero attached hydrogens (tertiary/aromatic N) is 1. The fourth-order valence-corrected chi connectivity index (χ4v) is 3.07. The molecule has 0 aliphatic heterocycles. The number of fused-ring (bicyclic) bond motifs is 1. The summed E-state index contributed by atoms with van der Waals surface area (Å²) in [6.45, 7) is 0.742. The van der Waals surface area contributed by atoms with E-state index in [0.717, 1.165) is 30.0 Å². The predicted octanol–water partition coefficient (Wildman–Crippen LogP) is 3.28. The molecule has 0 saturated heterocycles. The first-order chi connectivity index (χ1) is 8.81. The Morgan fingerprint density at radius 3 is 2.67 bits per heavy atom. The van der Waals surface area contributed by atoms with Crippen molar-refractivity contribution in [2.75, 3.05) is 6.54 Å². The Balaban J connectivity index is 1.85. The molecule has 0 amide bonds. The molecule has 1 aliphatic carbocycles. The Morgan fingerprint density at radius 2 is 1.94 bits per heavy atom. The minimum absolute atomic E-state index is 0.221. The van der Waals surface area contributed by atoms with E-state index in [0.29, 0.717) is 0 Å². The first-order valence-electron chi connectivity index (χ1n) is 6.86. The molecule has 2 N–H and O–H groups in total. The van der Waals surface area contributed by atoms with Crippen LogP contribution in [-0.2, 0) is 6.42 Å². The van der Waals surface area contributed by atoms with Crippen molar-refractivity contribution in [2.24, 2.45) is 11.1 Å². The summed E-state index contributed by atoms with van der Waals surface area (Å²) < 4.78 is 5.83. The number of aromatic nitrogens is 1. The van der Waals surface area contributed by atoms with Crippen LogP contribution in [0.1, 0.15) is 38.0 Å². The van der Waals surface area contributed by atoms with E-state index in [-0.39, 0.29) is 5.41 Å². The van der Waals surface area contributed by atoms with E-state index in [4.69, 9.17) is 10.2 Å². The molecule has 1 aromatic heterocycles. The van der Waals surface area contributed by atoms with Crippen molar-refractivity contribution < 1.29 is 4.42 Å². The zero-order valence-corrected chi connectivity index (χ0v) is 10.7. The molecule has 1 fully saturated rings. The third-order valence-corrected chi connectivity index (χ3v) is 4.21. The minimum atomic E-state index is 0.221. The van der Waals surface area contributed by atoms with Crippen LogP contribution in [0.25, 0.3) is 11.1 Å². The van der Waals surface area contributed by atoms with E-state index in [2.05, 4.69) is 4.98 Å². The highest BCUT2D eigenvalue weighted by atomic mass is 16.3. The number of para-hydroxylation sites is 2. The van der Waals surface area contributed by atoms with Gasteiger partial charge in [-0.15, -0.1) is 0 Å². The highest BCUT2D eigenvalue weighted by molar-refractivity contribution is 5.72. The maximum atomic E-state index is 6.01. The lowest BCUT2D eigenvalue weighted by atomic mass is 9.72. The van der Waals surface area contributed by atoms with Crippen molar-refractivity contribution in [3.63, 3.8) is 0 Å². The molecule has 18 heavy (non-hydrogen) atoms. The third kappa shape index (κ3) is 2.15. The van der Waals surface area contributed by atoms with Crippen LogP contribution in [0.15, 0.2) is 28.7 Å². The summed E-state index contributed by atoms with van der Waals surface area (Å²) >= 11 is 0. The maximum Gasteiger partial charge on any atom is 0.196 e. The second-order valence-electron chi connectivity index (χ2n) is 5.52. The predicted molar refractivity (Wildman–Crippen MR) is 72.3 cm³/mol. The zero-order valence-electron chi connectivity index (χ0n) is 10.7. The molecule has 0 spiro atoms. The lowest BCUT2D eigenvalue weighted by Crippen LogP contribution is -2.35. The second kappa shape index (κ2) is 4.73. The van der Waals surface area contributed by atoms with Gasteiger partial charge in [0.1, 0.15) is 5.52 Å². The van der Waals surface area contributed by atoms with Crippen molar-refractivity contribution in [3.05, 3.63) is 30.2 Å². The summed E-state index contributed by atoms with van der Waals surface area (Å²) in [4.78, 5) is 4.58. The number of rotatable bonds is 3. The van der Waals surface area contributed by atoms with Gasteiger partial charge in [-0.1, -0.05) is 31.4 Å². The van der Waals surface area contributed by atoms with E-state index in [1.54, 1.807) is 0 Å². The van der Waals surface area contributed by atoms with Gasteiger partial charge < -0.3 is 10.2 Å². The number of oxazole rings is 1. The average Bonchev–Trinajstić information content (AvgIpc) is 2.81. The molecule has 0 unspecified atom stereocenters. The molecule has 1 aliphatic rings. The van der Waals surface area contributed by atoms with Crippen LogP contribution in [0.4, 0.5) is 0 Å². The van der Waals surface area contributed by atoms with E-state index < -0.39 is 0 Å². The topological polar surface area (TPSA) is 52.0 Å². The molecule has 2 aromatic rings. The molecular formula is C15H20N2O. The van der Waals surface area contributed by atoms with Gasteiger partial charge in [0.15, 0.2) is 11.5 Å². The van der Waals surface area contributed by atoms with Crippen molar-refractivity contribution >= 4 is 11.1 Å². The van der Waals surface area contributed by atoms with Gasteiger partial charge in [-0.3, -0.25) is 0 Å². The van der Waals surface area contributed by atoms with Crippen molar-refractivity contribution in [3.8, 4) is 0 Å². The number of nitrogens with two attached hydrogens (primary N) is 1. The van der Waals surface area contributed by atoms with Crippen LogP contribution in [0.5, 0.6) is 0 Å². The summed E-state index contributed by atoms with van der Waals surface area (Å²) in [5.41, 5.74) is 8.07. The van der Waals surface area contributed by atoms with Gasteiger partial charge in [0.05, 0.1) is 0 Å². The van der Waals surface area contributed by atoms with E-state index in [9.17, 15) is 0 Å². The highest BCUT2D eigenvalue weighted by Gasteiger charge is 2.32. The van der Waals surface area contributed by atoms with Crippen LogP contribution in [0.3, 0.4) is 0 Å². The van der Waals surface area contributed by atoms with Gasteiger partial charge in [-0.2, -0.15) is 0 Å². The summed E-state index contributed by atoms with van der Waals surface area (Å²) in [7, 11) is 0. The Hall–Kier alpha value is -1.35. The Kier molecular flexibility index (Phi) is 3.08. The molecule has 3 rings (SSSR count). The van der Waals surface area contributed by atoms with Crippen molar-refractivity contribution in [1.82, 2.24) is 4.98 Å². The van der Waals surface area contributed by atoms with Crippen LogP contribution < -0.4 is 5.73 Å². The Bertz CT molecular complexity index is 493. The van der Waals surface area contributed by atoms with E-state index in [1.165, 1.54) is 32.1 Å². The van der Waals surface area contributed by atoms with E-state index >= 15 is 0 Å². The lowest BCUT2D eigenvalue weighted by molar-refractivity contribution is 0.184. The summed E-state index contributed by atoms with van der Waals surface area (Å²) in [6, 6.07) is 7.95. The summed E-state index contributed by atoms with van der Waals surface area (Å²) in [5.74, 6) is 0.851. The second-order valence-corrected chi connectivity index (χ2v) is 5.52. The van der Waals surface area contributed by atoms with Crippen LogP contribution >= 0.6 is 0 Å². The van der Waals surface area contributed by atoms with Gasteiger partial charge in [0.25, 0.3) is 0 Å². The van der Waals surface area contributed by atoms with Crippen LogP contribution in [0, 0.1) is 5.41 Å². The molecule has 0 bridgehead atoms. The highest BCUT2D eigenvalue weighted by Crippen LogP contribution is 2.38. The van der Waals surface area contributed by atoms with Crippen LogP contribution in [0.2, 0.25) is 0 Å². The van der Waals surface area contributed by atoms with Gasteiger partial charge in [0.2, 0.25) is 0 Å². The molecule has 3 nitrogen and oxygen atoms in total. The molecular weight excluding hydrogens is 224 g/mol. The molecule has 1 saturated carbocycles. The minimum Gasteiger partial charge on any atom is -0.441 e. The molecule has 96 valence electrons. The fraction of sp³-hybridized carbons (Fsp3) is 0.533. The lowest BCUT2D eigenvalue weighted by Gasteiger charge is -2.35. The summed E-state index contributed by atoms with van der Waals surface area (Å²) in [6.07, 6.45) is 7.23. The average molecular weight is 244 g/mol. The SMILES string of the molecule is NCC1(Cc2nc3ccccc3o2)CCCCC1. The molecule has 3 heteroatoms. The van der Waals surface area contributed by atoms with Gasteiger partial charge in [-0.25, -0.2) is 4.98 Å². The molecule has 0 radical (unpaired) electrons. The van der Waals surface area contributed by atoms with Gasteiger partial charge in [0, 0.05) is 6.42 Å². The smallest absolute Gasteiger partial charge is 0.196 e. The maximum absolute atomic E-state index is 6.01. The first-order valence-corrected chi connectivity index (χ1v) is 6.86. The standard InChI is InChI=1S/C15H20N2O/c16-11-15(8-4-1-5-9-15)10-14-17-12-6-2-3-7-13(12)18-14/h2-3,6-7H,1,4-5,8-11,16H2. The number of benzene rings is 1. The monoisotopic (exact) mass is 244 g/mol. The largest absolute Gasteiger partial charge is 0.441 e. The van der Waals surface area contributed by atoms with E-state index in [1.807, 2.05) is 24.3 Å². The van der Waals surface area contributed by atoms with Crippen LogP contribution in [-0.4, -0.2) is 11.5 Å². The summed E-state index contributed by atoms with van der Waals surface area (Å²) in [5, 5.41) is 0. The first kappa shape index (κ1) is 11.7. The van der Waals surface area contributed by atoms with Crippen molar-refractivity contribution in [2.45, 2.75) is 38.5 Å². The Labute approximate surface area is 107 Å². The molecule has 1 aromatic carbocycles. The molecule has 0 atom stereocenters. The van der Waals surface area contributed by atoms with Crippen molar-refractivity contribution in [1.29, 1.82) is 0 Å². The normalized spacial score (nSPS) is 19.2.